The largest absolute Gasteiger partial charge is 0.496 e. The smallest absolute Gasteiger partial charge is 0.123 e. The Balaban J connectivity index is 1.95. The van der Waals surface area contributed by atoms with Crippen molar-refractivity contribution in [1.29, 1.82) is 0 Å². The Labute approximate surface area is 111 Å². The van der Waals surface area contributed by atoms with Crippen molar-refractivity contribution < 1.29 is 9.47 Å². The number of methoxy groups -OCH3 is 1. The lowest BCUT2D eigenvalue weighted by Crippen LogP contribution is -2.34. The van der Waals surface area contributed by atoms with Gasteiger partial charge in [0.2, 0.25) is 0 Å². The fourth-order valence-corrected chi connectivity index (χ4v) is 2.45. The average Bonchev–Trinajstić information content (AvgIpc) is 2.38. The number of halogens is 1. The molecule has 1 N–H and O–H groups in total. The van der Waals surface area contributed by atoms with E-state index in [-0.39, 0.29) is 0 Å². The Morgan fingerprint density at radius 1 is 1.41 bits per heavy atom. The van der Waals surface area contributed by atoms with Crippen molar-refractivity contribution in [2.45, 2.75) is 25.4 Å². The summed E-state index contributed by atoms with van der Waals surface area (Å²) in [5.74, 6) is 0.938. The van der Waals surface area contributed by atoms with Crippen LogP contribution in [0.2, 0.25) is 0 Å². The van der Waals surface area contributed by atoms with Crippen molar-refractivity contribution in [2.75, 3.05) is 20.3 Å². The van der Waals surface area contributed by atoms with E-state index in [9.17, 15) is 0 Å². The van der Waals surface area contributed by atoms with Gasteiger partial charge in [-0.2, -0.15) is 0 Å². The zero-order chi connectivity index (χ0) is 12.1. The molecule has 0 spiro atoms. The van der Waals surface area contributed by atoms with E-state index >= 15 is 0 Å². The molecule has 0 bridgehead atoms. The van der Waals surface area contributed by atoms with E-state index in [4.69, 9.17) is 9.47 Å². The minimum atomic E-state index is 0.562. The van der Waals surface area contributed by atoms with Crippen molar-refractivity contribution in [3.63, 3.8) is 0 Å². The number of hydrogen-bond acceptors (Lipinski definition) is 3. The Bertz CT molecular complexity index is 364. The summed E-state index contributed by atoms with van der Waals surface area (Å²) in [6.45, 7) is 2.58. The maximum atomic E-state index is 5.35. The fraction of sp³-hybridized carbons (Fsp3) is 0.538. The van der Waals surface area contributed by atoms with Crippen LogP contribution < -0.4 is 10.1 Å². The monoisotopic (exact) mass is 299 g/mol. The molecule has 1 heterocycles. The lowest BCUT2D eigenvalue weighted by molar-refractivity contribution is 0.0775. The molecule has 3 nitrogen and oxygen atoms in total. The summed E-state index contributed by atoms with van der Waals surface area (Å²) in [6, 6.07) is 6.65. The molecule has 4 heteroatoms. The molecule has 17 heavy (non-hydrogen) atoms. The van der Waals surface area contributed by atoms with E-state index in [1.54, 1.807) is 7.11 Å². The van der Waals surface area contributed by atoms with Gasteiger partial charge in [0.05, 0.1) is 7.11 Å². The molecule has 0 unspecified atom stereocenters. The molecule has 94 valence electrons. The first-order chi connectivity index (χ1) is 8.29. The molecule has 1 aromatic carbocycles. The number of nitrogens with one attached hydrogen (secondary N) is 1. The van der Waals surface area contributed by atoms with Gasteiger partial charge in [0, 0.05) is 35.8 Å². The highest BCUT2D eigenvalue weighted by Crippen LogP contribution is 2.23. The van der Waals surface area contributed by atoms with Gasteiger partial charge in [0.1, 0.15) is 5.75 Å². The van der Waals surface area contributed by atoms with Gasteiger partial charge in [0.25, 0.3) is 0 Å². The Kier molecular flexibility index (Phi) is 4.83. The molecule has 0 aliphatic carbocycles. The van der Waals surface area contributed by atoms with Gasteiger partial charge in [-0.1, -0.05) is 15.9 Å². The Morgan fingerprint density at radius 2 is 2.18 bits per heavy atom. The molecule has 0 radical (unpaired) electrons. The molecule has 1 saturated heterocycles. The maximum Gasteiger partial charge on any atom is 0.123 e. The van der Waals surface area contributed by atoms with E-state index in [1.165, 1.54) is 5.56 Å². The third-order valence-electron chi connectivity index (χ3n) is 3.04. The van der Waals surface area contributed by atoms with Gasteiger partial charge >= 0.3 is 0 Å². The first-order valence-corrected chi connectivity index (χ1v) is 6.72. The van der Waals surface area contributed by atoms with Gasteiger partial charge in [-0.15, -0.1) is 0 Å². The number of ether oxygens (including phenoxy) is 2. The molecule has 0 amide bonds. The summed E-state index contributed by atoms with van der Waals surface area (Å²) in [7, 11) is 1.71. The van der Waals surface area contributed by atoms with E-state index in [0.29, 0.717) is 6.04 Å². The summed E-state index contributed by atoms with van der Waals surface area (Å²) in [5, 5.41) is 3.56. The van der Waals surface area contributed by atoms with Gasteiger partial charge < -0.3 is 14.8 Å². The predicted molar refractivity (Wildman–Crippen MR) is 71.4 cm³/mol. The standard InChI is InChI=1S/C13H18BrNO2/c1-16-13-3-2-11(14)8-10(13)9-15-12-4-6-17-7-5-12/h2-3,8,12,15H,4-7,9H2,1H3. The second-order valence-electron chi connectivity index (χ2n) is 4.22. The van der Waals surface area contributed by atoms with Crippen LogP contribution in [0.3, 0.4) is 0 Å². The lowest BCUT2D eigenvalue weighted by Gasteiger charge is -2.23. The number of hydrogen-bond donors (Lipinski definition) is 1. The first kappa shape index (κ1) is 12.9. The Morgan fingerprint density at radius 3 is 2.88 bits per heavy atom. The van der Waals surface area contributed by atoms with Gasteiger partial charge in [0.15, 0.2) is 0 Å². The van der Waals surface area contributed by atoms with Crippen LogP contribution in [0.15, 0.2) is 22.7 Å². The lowest BCUT2D eigenvalue weighted by atomic mass is 10.1. The van der Waals surface area contributed by atoms with Crippen molar-refractivity contribution in [3.8, 4) is 5.75 Å². The van der Waals surface area contributed by atoms with Crippen LogP contribution >= 0.6 is 15.9 Å². The van der Waals surface area contributed by atoms with Crippen LogP contribution in [0.5, 0.6) is 5.75 Å². The van der Waals surface area contributed by atoms with E-state index in [1.807, 2.05) is 12.1 Å². The summed E-state index contributed by atoms with van der Waals surface area (Å²) < 4.78 is 11.8. The maximum absolute atomic E-state index is 5.35. The molecule has 0 saturated carbocycles. The second-order valence-corrected chi connectivity index (χ2v) is 5.14. The van der Waals surface area contributed by atoms with E-state index in [2.05, 4.69) is 27.3 Å². The molecule has 1 aromatic rings. The van der Waals surface area contributed by atoms with E-state index in [0.717, 1.165) is 42.8 Å². The molecule has 2 rings (SSSR count). The third kappa shape index (κ3) is 3.69. The molecule has 1 aliphatic rings. The van der Waals surface area contributed by atoms with Gasteiger partial charge in [-0.3, -0.25) is 0 Å². The molecule has 1 fully saturated rings. The summed E-state index contributed by atoms with van der Waals surface area (Å²) in [5.41, 5.74) is 1.19. The quantitative estimate of drug-likeness (QED) is 0.927. The number of benzene rings is 1. The molecular weight excluding hydrogens is 282 g/mol. The first-order valence-electron chi connectivity index (χ1n) is 5.93. The number of rotatable bonds is 4. The van der Waals surface area contributed by atoms with Crippen molar-refractivity contribution in [1.82, 2.24) is 5.32 Å². The molecule has 1 aliphatic heterocycles. The average molecular weight is 300 g/mol. The SMILES string of the molecule is COc1ccc(Br)cc1CNC1CCOCC1. The molecule has 0 aromatic heterocycles. The highest BCUT2D eigenvalue weighted by Gasteiger charge is 2.13. The third-order valence-corrected chi connectivity index (χ3v) is 3.54. The zero-order valence-corrected chi connectivity index (χ0v) is 11.6. The summed E-state index contributed by atoms with van der Waals surface area (Å²) in [4.78, 5) is 0. The van der Waals surface area contributed by atoms with Crippen molar-refractivity contribution >= 4 is 15.9 Å². The second kappa shape index (κ2) is 6.38. The highest BCUT2D eigenvalue weighted by molar-refractivity contribution is 9.10. The van der Waals surface area contributed by atoms with Gasteiger partial charge in [-0.05, 0) is 31.0 Å². The van der Waals surface area contributed by atoms with Crippen molar-refractivity contribution in [2.24, 2.45) is 0 Å². The fourth-order valence-electron chi connectivity index (χ4n) is 2.04. The highest BCUT2D eigenvalue weighted by atomic mass is 79.9. The molecular formula is C13H18BrNO2. The van der Waals surface area contributed by atoms with Crippen LogP contribution in [0.25, 0.3) is 0 Å². The summed E-state index contributed by atoms with van der Waals surface area (Å²) in [6.07, 6.45) is 2.19. The van der Waals surface area contributed by atoms with Crippen LogP contribution in [0.1, 0.15) is 18.4 Å². The van der Waals surface area contributed by atoms with Crippen LogP contribution in [-0.2, 0) is 11.3 Å². The predicted octanol–water partition coefficient (Wildman–Crippen LogP) is 2.73. The van der Waals surface area contributed by atoms with Crippen LogP contribution in [0.4, 0.5) is 0 Å². The molecule has 0 atom stereocenters. The minimum absolute atomic E-state index is 0.562. The summed E-state index contributed by atoms with van der Waals surface area (Å²) >= 11 is 3.49. The van der Waals surface area contributed by atoms with E-state index < -0.39 is 0 Å². The topological polar surface area (TPSA) is 30.5 Å². The zero-order valence-electron chi connectivity index (χ0n) is 10.0. The normalized spacial score (nSPS) is 17.1. The van der Waals surface area contributed by atoms with Crippen LogP contribution in [-0.4, -0.2) is 26.4 Å². The van der Waals surface area contributed by atoms with Crippen LogP contribution in [0, 0.1) is 0 Å². The minimum Gasteiger partial charge on any atom is -0.496 e. The van der Waals surface area contributed by atoms with Crippen molar-refractivity contribution in [3.05, 3.63) is 28.2 Å². The Hall–Kier alpha value is -0.580. The van der Waals surface area contributed by atoms with Gasteiger partial charge in [-0.25, -0.2) is 0 Å².